The maximum atomic E-state index is 13.6. The number of carbonyl (C=O) groups excluding carboxylic acids is 3. The van der Waals surface area contributed by atoms with Gasteiger partial charge in [-0.05, 0) is 29.9 Å². The van der Waals surface area contributed by atoms with E-state index in [1.165, 1.54) is 36.0 Å². The Kier molecular flexibility index (Phi) is 21.9. The molecule has 0 aromatic heterocycles. The van der Waals surface area contributed by atoms with E-state index in [0.717, 1.165) is 0 Å². The van der Waals surface area contributed by atoms with Crippen molar-refractivity contribution in [3.8, 4) is 5.75 Å². The van der Waals surface area contributed by atoms with Crippen LogP contribution in [0.15, 0.2) is 24.3 Å². The first-order valence-electron chi connectivity index (χ1n) is 20.0. The van der Waals surface area contributed by atoms with Gasteiger partial charge in [0.15, 0.2) is 12.6 Å². The number of benzene rings is 1. The normalized spacial score (nSPS) is 34.4. The van der Waals surface area contributed by atoms with Crippen LogP contribution in [0.2, 0.25) is 0 Å². The van der Waals surface area contributed by atoms with Crippen molar-refractivity contribution in [2.24, 2.45) is 0 Å². The number of nitrogens with one attached hydrogen (secondary N) is 3. The van der Waals surface area contributed by atoms with Crippen molar-refractivity contribution in [2.75, 3.05) is 56.8 Å². The van der Waals surface area contributed by atoms with Crippen LogP contribution in [0, 0.1) is 0 Å². The summed E-state index contributed by atoms with van der Waals surface area (Å²) in [5.74, 6) is -1.71. The molecule has 26 heteroatoms. The quantitative estimate of drug-likeness (QED) is 0.0358. The van der Waals surface area contributed by atoms with E-state index in [9.17, 15) is 75.7 Å². The molecule has 4 rings (SSSR count). The summed E-state index contributed by atoms with van der Waals surface area (Å²) in [6.45, 7) is -2.36. The highest BCUT2D eigenvalue weighted by Crippen LogP contribution is 2.26. The lowest BCUT2D eigenvalue weighted by Crippen LogP contribution is -2.60. The van der Waals surface area contributed by atoms with Crippen molar-refractivity contribution in [2.45, 2.75) is 117 Å². The lowest BCUT2D eigenvalue weighted by Gasteiger charge is -2.39. The summed E-state index contributed by atoms with van der Waals surface area (Å²) in [6.07, 6.45) is -22.2. The van der Waals surface area contributed by atoms with Gasteiger partial charge >= 0.3 is 0 Å². The standard InChI is InChI=1S/C37H59N3O21S2/c41-11-20-24(45)27(48)30(51)35(59-20)56-7-1-9-63-15-19(34(55)40-18(14-62)33(54)38-6-8-57-36-31(52)28(49)25(46)21(12-42)60-36)39-23(44)10-16-2-4-17(5-3-16)58-37-32(53)29(50)26(47)22(13-43)61-37/h2-5,18-22,24-32,35-37,41-43,45-53,62H,1,6-15H2,(H,38,54)(H,39,44)(H,40,55)/t18-,19-,20?,21?,22+,24+,25+,26+,27?,28?,29?,30?,31?,32?,35-,36-,37-/m0/s1. The van der Waals surface area contributed by atoms with Gasteiger partial charge in [-0.3, -0.25) is 14.4 Å². The fraction of sp³-hybridized carbons (Fsp3) is 0.757. The third-order valence-electron chi connectivity index (χ3n) is 10.2. The van der Waals surface area contributed by atoms with Crippen LogP contribution in [0.1, 0.15) is 12.0 Å². The lowest BCUT2D eigenvalue weighted by molar-refractivity contribution is -0.300. The summed E-state index contributed by atoms with van der Waals surface area (Å²) >= 11 is 5.41. The topological polar surface area (TPSA) is 385 Å². The lowest BCUT2D eigenvalue weighted by atomic mass is 9.99. The minimum atomic E-state index is -1.66. The van der Waals surface area contributed by atoms with E-state index in [1.807, 2.05) is 0 Å². The number of rotatable bonds is 23. The summed E-state index contributed by atoms with van der Waals surface area (Å²) in [4.78, 5) is 39.9. The van der Waals surface area contributed by atoms with Gasteiger partial charge in [-0.25, -0.2) is 0 Å². The van der Waals surface area contributed by atoms with Crippen molar-refractivity contribution in [1.82, 2.24) is 16.0 Å². The predicted octanol–water partition coefficient (Wildman–Crippen LogP) is -7.82. The van der Waals surface area contributed by atoms with Crippen LogP contribution in [0.5, 0.6) is 5.75 Å². The zero-order valence-electron chi connectivity index (χ0n) is 33.8. The third kappa shape index (κ3) is 14.7. The number of amides is 3. The largest absolute Gasteiger partial charge is 0.462 e. The molecule has 1 aromatic rings. The number of ether oxygens (including phenoxy) is 6. The van der Waals surface area contributed by atoms with Crippen LogP contribution in [-0.2, 0) is 44.5 Å². The van der Waals surface area contributed by atoms with E-state index in [4.69, 9.17) is 28.4 Å². The highest BCUT2D eigenvalue weighted by atomic mass is 32.2. The Morgan fingerprint density at radius 2 is 1.13 bits per heavy atom. The molecule has 8 unspecified atom stereocenters. The van der Waals surface area contributed by atoms with Gasteiger partial charge in [0.05, 0.1) is 39.5 Å². The first-order chi connectivity index (χ1) is 30.0. The van der Waals surface area contributed by atoms with Gasteiger partial charge in [-0.15, -0.1) is 0 Å². The number of carbonyl (C=O) groups is 3. The number of thioether (sulfide) groups is 1. The molecule has 0 saturated carbocycles. The van der Waals surface area contributed by atoms with Crippen LogP contribution >= 0.6 is 24.4 Å². The molecule has 3 heterocycles. The molecule has 3 aliphatic rings. The van der Waals surface area contributed by atoms with Gasteiger partial charge in [0.1, 0.15) is 91.1 Å². The second-order valence-corrected chi connectivity index (χ2v) is 16.4. The molecular weight excluding hydrogens is 887 g/mol. The molecule has 17 atom stereocenters. The Bertz CT molecular complexity index is 1550. The summed E-state index contributed by atoms with van der Waals surface area (Å²) in [6, 6.07) is 3.51. The zero-order chi connectivity index (χ0) is 46.4. The molecule has 0 spiro atoms. The average molecular weight is 946 g/mol. The minimum Gasteiger partial charge on any atom is -0.462 e. The molecule has 3 fully saturated rings. The van der Waals surface area contributed by atoms with Crippen LogP contribution in [0.3, 0.4) is 0 Å². The van der Waals surface area contributed by atoms with Crippen LogP contribution < -0.4 is 20.7 Å². The van der Waals surface area contributed by atoms with Gasteiger partial charge in [0.25, 0.3) is 0 Å². The van der Waals surface area contributed by atoms with Crippen molar-refractivity contribution >= 4 is 42.1 Å². The van der Waals surface area contributed by atoms with Crippen LogP contribution in [0.4, 0.5) is 0 Å². The second-order valence-electron chi connectivity index (χ2n) is 14.9. The smallest absolute Gasteiger partial charge is 0.244 e. The molecule has 24 nitrogen and oxygen atoms in total. The number of aliphatic hydroxyl groups is 12. The monoisotopic (exact) mass is 945 g/mol. The maximum absolute atomic E-state index is 13.6. The third-order valence-corrected chi connectivity index (χ3v) is 11.7. The Morgan fingerprint density at radius 3 is 1.63 bits per heavy atom. The molecule has 3 aliphatic heterocycles. The van der Waals surface area contributed by atoms with Gasteiger partial charge in [-0.1, -0.05) is 12.1 Å². The van der Waals surface area contributed by atoms with Gasteiger partial charge in [0, 0.05) is 18.1 Å². The van der Waals surface area contributed by atoms with Crippen molar-refractivity contribution < 1.29 is 104 Å². The fourth-order valence-electron chi connectivity index (χ4n) is 6.51. The van der Waals surface area contributed by atoms with E-state index in [2.05, 4.69) is 28.6 Å². The van der Waals surface area contributed by atoms with E-state index in [1.54, 1.807) is 0 Å². The summed E-state index contributed by atoms with van der Waals surface area (Å²) in [5.41, 5.74) is 0.462. The van der Waals surface area contributed by atoms with E-state index < -0.39 is 142 Å². The molecule has 0 bridgehead atoms. The Balaban J connectivity index is 1.32. The fourth-order valence-corrected chi connectivity index (χ4v) is 7.73. The number of thiol groups is 1. The first kappa shape index (κ1) is 53.1. The molecule has 360 valence electrons. The molecule has 0 radical (unpaired) electrons. The van der Waals surface area contributed by atoms with Crippen molar-refractivity contribution in [3.63, 3.8) is 0 Å². The first-order valence-corrected chi connectivity index (χ1v) is 21.8. The molecule has 3 amide bonds. The summed E-state index contributed by atoms with van der Waals surface area (Å²) in [5, 5.41) is 127. The van der Waals surface area contributed by atoms with Crippen LogP contribution in [0.25, 0.3) is 0 Å². The van der Waals surface area contributed by atoms with Gasteiger partial charge in [-0.2, -0.15) is 24.4 Å². The van der Waals surface area contributed by atoms with Gasteiger partial charge in [0.2, 0.25) is 24.0 Å². The Morgan fingerprint density at radius 1 is 0.635 bits per heavy atom. The Labute approximate surface area is 370 Å². The number of hydrogen-bond donors (Lipinski definition) is 16. The van der Waals surface area contributed by atoms with Gasteiger partial charge < -0.3 is 106 Å². The van der Waals surface area contributed by atoms with Crippen LogP contribution in [-0.4, -0.2) is 240 Å². The highest BCUT2D eigenvalue weighted by Gasteiger charge is 2.46. The number of aliphatic hydroxyl groups excluding tert-OH is 12. The van der Waals surface area contributed by atoms with Crippen molar-refractivity contribution in [1.29, 1.82) is 0 Å². The molecule has 15 N–H and O–H groups in total. The highest BCUT2D eigenvalue weighted by molar-refractivity contribution is 7.99. The second kappa shape index (κ2) is 26.0. The molecule has 63 heavy (non-hydrogen) atoms. The molecule has 1 aromatic carbocycles. The van der Waals surface area contributed by atoms with E-state index >= 15 is 0 Å². The molecular formula is C37H59N3O21S2. The zero-order valence-corrected chi connectivity index (χ0v) is 35.5. The molecule has 0 aliphatic carbocycles. The summed E-state index contributed by atoms with van der Waals surface area (Å²) < 4.78 is 32.4. The minimum absolute atomic E-state index is 0.00264. The SMILES string of the molecule is O=C(Cc1ccc(O[C@H]2O[C@H](CO)[C@@H](O)C(O)C2O)cc1)N[C@@H](CSCCCO[C@H]1OC(CO)[C@@H](O)C(O)C1O)C(=O)N[C@@H](CS)C(=O)NCCO[C@H]1OC(CO)[C@@H](O)C(O)C1O. The predicted molar refractivity (Wildman–Crippen MR) is 217 cm³/mol. The average Bonchev–Trinajstić information content (AvgIpc) is 3.27. The Hall–Kier alpha value is -2.55. The summed E-state index contributed by atoms with van der Waals surface area (Å²) in [7, 11) is 0. The molecule has 3 saturated heterocycles. The van der Waals surface area contributed by atoms with E-state index in [-0.39, 0.29) is 43.4 Å². The maximum Gasteiger partial charge on any atom is 0.244 e. The van der Waals surface area contributed by atoms with Crippen molar-refractivity contribution in [3.05, 3.63) is 29.8 Å². The van der Waals surface area contributed by atoms with E-state index in [0.29, 0.717) is 17.7 Å². The number of hydrogen-bond acceptors (Lipinski definition) is 23.